The fourth-order valence-electron chi connectivity index (χ4n) is 2.17. The van der Waals surface area contributed by atoms with Crippen molar-refractivity contribution < 1.29 is 4.79 Å². The topological polar surface area (TPSA) is 49.0 Å². The first kappa shape index (κ1) is 11.2. The predicted molar refractivity (Wildman–Crippen MR) is 62.0 cm³/mol. The van der Waals surface area contributed by atoms with Gasteiger partial charge in [-0.1, -0.05) is 20.8 Å². The van der Waals surface area contributed by atoms with Gasteiger partial charge in [-0.15, -0.1) is 0 Å². The largest absolute Gasteiger partial charge is 0.342 e. The maximum absolute atomic E-state index is 12.1. The molecule has 88 valence electrons. The Kier molecular flexibility index (Phi) is 2.74. The lowest BCUT2D eigenvalue weighted by atomic mass is 9.95. The first-order valence-corrected chi connectivity index (χ1v) is 5.77. The van der Waals surface area contributed by atoms with Crippen LogP contribution in [-0.2, 0) is 4.79 Å². The van der Waals surface area contributed by atoms with Crippen LogP contribution in [0.15, 0.2) is 12.3 Å². The summed E-state index contributed by atoms with van der Waals surface area (Å²) in [6, 6.07) is 2.00. The number of rotatable bonds is 1. The number of nitrogens with one attached hydrogen (secondary N) is 1. The summed E-state index contributed by atoms with van der Waals surface area (Å²) in [5, 5.41) is 6.95. The molecule has 1 aromatic heterocycles. The molecule has 1 atom stereocenters. The minimum atomic E-state index is -0.275. The maximum atomic E-state index is 12.1. The molecule has 0 radical (unpaired) electrons. The van der Waals surface area contributed by atoms with E-state index in [1.165, 1.54) is 0 Å². The van der Waals surface area contributed by atoms with Gasteiger partial charge in [0.25, 0.3) is 0 Å². The van der Waals surface area contributed by atoms with Crippen LogP contribution in [0.1, 0.15) is 38.8 Å². The first-order chi connectivity index (χ1) is 7.48. The van der Waals surface area contributed by atoms with Crippen LogP contribution in [0.5, 0.6) is 0 Å². The summed E-state index contributed by atoms with van der Waals surface area (Å²) in [4.78, 5) is 14.0. The number of nitrogens with zero attached hydrogens (tertiary/aromatic N) is 2. The third-order valence-corrected chi connectivity index (χ3v) is 3.08. The van der Waals surface area contributed by atoms with Crippen LogP contribution < -0.4 is 0 Å². The molecule has 1 amide bonds. The normalized spacial score (nSPS) is 21.4. The molecule has 0 unspecified atom stereocenters. The van der Waals surface area contributed by atoms with Gasteiger partial charge in [0, 0.05) is 36.3 Å². The molecule has 0 spiro atoms. The van der Waals surface area contributed by atoms with E-state index in [-0.39, 0.29) is 11.3 Å². The van der Waals surface area contributed by atoms with Crippen molar-refractivity contribution in [1.82, 2.24) is 15.1 Å². The molecule has 2 heterocycles. The van der Waals surface area contributed by atoms with Crippen molar-refractivity contribution in [3.8, 4) is 0 Å². The number of aromatic amines is 1. The van der Waals surface area contributed by atoms with Gasteiger partial charge in [0.05, 0.1) is 0 Å². The van der Waals surface area contributed by atoms with E-state index < -0.39 is 0 Å². The van der Waals surface area contributed by atoms with Crippen molar-refractivity contribution in [2.45, 2.75) is 33.1 Å². The van der Waals surface area contributed by atoms with Crippen molar-refractivity contribution >= 4 is 5.91 Å². The predicted octanol–water partition coefficient (Wildman–Crippen LogP) is 1.77. The molecule has 1 saturated heterocycles. The van der Waals surface area contributed by atoms with E-state index in [9.17, 15) is 4.79 Å². The second-order valence-corrected chi connectivity index (χ2v) is 5.50. The van der Waals surface area contributed by atoms with E-state index in [0.29, 0.717) is 5.92 Å². The van der Waals surface area contributed by atoms with Crippen molar-refractivity contribution in [2.75, 3.05) is 13.1 Å². The van der Waals surface area contributed by atoms with Gasteiger partial charge >= 0.3 is 0 Å². The molecule has 1 aliphatic heterocycles. The molecule has 0 bridgehead atoms. The van der Waals surface area contributed by atoms with E-state index in [2.05, 4.69) is 10.2 Å². The summed E-state index contributed by atoms with van der Waals surface area (Å²) in [5.41, 5.74) is 0.868. The standard InChI is InChI=1S/C12H19N3O/c1-12(2,3)11(16)15-7-5-9(8-15)10-4-6-13-14-10/h4,6,9H,5,7-8H2,1-3H3,(H,13,14)/t9-/m1/s1. The molecule has 16 heavy (non-hydrogen) atoms. The Hall–Kier alpha value is -1.32. The van der Waals surface area contributed by atoms with E-state index >= 15 is 0 Å². The zero-order valence-electron chi connectivity index (χ0n) is 10.2. The summed E-state index contributed by atoms with van der Waals surface area (Å²) in [5.74, 6) is 0.670. The number of aromatic nitrogens is 2. The highest BCUT2D eigenvalue weighted by atomic mass is 16.2. The van der Waals surface area contributed by atoms with E-state index in [4.69, 9.17) is 0 Å². The fraction of sp³-hybridized carbons (Fsp3) is 0.667. The SMILES string of the molecule is CC(C)(C)C(=O)N1CC[C@@H](c2ccn[nH]2)C1. The maximum Gasteiger partial charge on any atom is 0.227 e. The Morgan fingerprint density at radius 2 is 2.31 bits per heavy atom. The monoisotopic (exact) mass is 221 g/mol. The number of hydrogen-bond acceptors (Lipinski definition) is 2. The van der Waals surface area contributed by atoms with Crippen LogP contribution in [0.4, 0.5) is 0 Å². The van der Waals surface area contributed by atoms with Crippen LogP contribution in [0, 0.1) is 5.41 Å². The summed E-state index contributed by atoms with van der Waals surface area (Å²) < 4.78 is 0. The van der Waals surface area contributed by atoms with Gasteiger partial charge in [-0.2, -0.15) is 5.10 Å². The Morgan fingerprint density at radius 1 is 1.56 bits per heavy atom. The van der Waals surface area contributed by atoms with Crippen LogP contribution in [0.2, 0.25) is 0 Å². The Balaban J connectivity index is 2.01. The van der Waals surface area contributed by atoms with Gasteiger partial charge < -0.3 is 4.90 Å². The minimum absolute atomic E-state index is 0.245. The zero-order valence-corrected chi connectivity index (χ0v) is 10.2. The second kappa shape index (κ2) is 3.92. The zero-order chi connectivity index (χ0) is 11.8. The van der Waals surface area contributed by atoms with Crippen molar-refractivity contribution in [1.29, 1.82) is 0 Å². The quantitative estimate of drug-likeness (QED) is 0.785. The number of hydrogen-bond donors (Lipinski definition) is 1. The molecular weight excluding hydrogens is 202 g/mol. The highest BCUT2D eigenvalue weighted by Crippen LogP contribution is 2.28. The average Bonchev–Trinajstić information content (AvgIpc) is 2.85. The van der Waals surface area contributed by atoms with Gasteiger partial charge in [0.2, 0.25) is 5.91 Å². The van der Waals surface area contributed by atoms with Gasteiger partial charge in [-0.25, -0.2) is 0 Å². The first-order valence-electron chi connectivity index (χ1n) is 5.77. The molecule has 0 aliphatic carbocycles. The van der Waals surface area contributed by atoms with Crippen molar-refractivity contribution in [2.24, 2.45) is 5.41 Å². The molecule has 1 aliphatic rings. The highest BCUT2D eigenvalue weighted by molar-refractivity contribution is 5.81. The third-order valence-electron chi connectivity index (χ3n) is 3.08. The molecule has 0 aromatic carbocycles. The number of carbonyl (C=O) groups is 1. The molecular formula is C12H19N3O. The molecule has 4 nitrogen and oxygen atoms in total. The lowest BCUT2D eigenvalue weighted by Gasteiger charge is -2.25. The Bertz CT molecular complexity index is 364. The average molecular weight is 221 g/mol. The Labute approximate surface area is 96.0 Å². The molecule has 1 aromatic rings. The van der Waals surface area contributed by atoms with Crippen molar-refractivity contribution in [3.05, 3.63) is 18.0 Å². The lowest BCUT2D eigenvalue weighted by Crippen LogP contribution is -2.37. The summed E-state index contributed by atoms with van der Waals surface area (Å²) in [6.45, 7) is 7.59. The summed E-state index contributed by atoms with van der Waals surface area (Å²) in [7, 11) is 0. The van der Waals surface area contributed by atoms with E-state index in [0.717, 1.165) is 25.2 Å². The van der Waals surface area contributed by atoms with Crippen LogP contribution in [0.25, 0.3) is 0 Å². The fourth-order valence-corrected chi connectivity index (χ4v) is 2.17. The lowest BCUT2D eigenvalue weighted by molar-refractivity contribution is -0.138. The molecule has 1 fully saturated rings. The minimum Gasteiger partial charge on any atom is -0.342 e. The van der Waals surface area contributed by atoms with Crippen LogP contribution in [0.3, 0.4) is 0 Å². The molecule has 1 N–H and O–H groups in total. The number of H-pyrrole nitrogens is 1. The number of carbonyl (C=O) groups excluding carboxylic acids is 1. The van der Waals surface area contributed by atoms with Crippen molar-refractivity contribution in [3.63, 3.8) is 0 Å². The van der Waals surface area contributed by atoms with Gasteiger partial charge in [0.1, 0.15) is 0 Å². The Morgan fingerprint density at radius 3 is 2.88 bits per heavy atom. The van der Waals surface area contributed by atoms with E-state index in [1.807, 2.05) is 31.7 Å². The second-order valence-electron chi connectivity index (χ2n) is 5.50. The molecule has 2 rings (SSSR count). The number of amides is 1. The van der Waals surface area contributed by atoms with Crippen LogP contribution in [-0.4, -0.2) is 34.1 Å². The van der Waals surface area contributed by atoms with Gasteiger partial charge in [-0.05, 0) is 12.5 Å². The molecule has 4 heteroatoms. The summed E-state index contributed by atoms with van der Waals surface area (Å²) >= 11 is 0. The number of likely N-dealkylation sites (tertiary alicyclic amines) is 1. The van der Waals surface area contributed by atoms with Gasteiger partial charge in [0.15, 0.2) is 0 Å². The summed E-state index contributed by atoms with van der Waals surface area (Å²) in [6.07, 6.45) is 2.80. The third kappa shape index (κ3) is 2.10. The van der Waals surface area contributed by atoms with E-state index in [1.54, 1.807) is 6.20 Å². The highest BCUT2D eigenvalue weighted by Gasteiger charge is 2.33. The smallest absolute Gasteiger partial charge is 0.227 e. The molecule has 0 saturated carbocycles. The van der Waals surface area contributed by atoms with Gasteiger partial charge in [-0.3, -0.25) is 9.89 Å². The van der Waals surface area contributed by atoms with Crippen LogP contribution >= 0.6 is 0 Å².